The maximum absolute atomic E-state index is 12.6. The first-order valence-electron chi connectivity index (χ1n) is 8.97. The third-order valence-corrected chi connectivity index (χ3v) is 4.86. The Morgan fingerprint density at radius 1 is 0.864 bits per heavy atom. The van der Waals surface area contributed by atoms with Gasteiger partial charge in [-0.15, -0.1) is 0 Å². The molecule has 126 valence electrons. The van der Waals surface area contributed by atoms with Crippen molar-refractivity contribution in [1.82, 2.24) is 10.2 Å². The second kappa shape index (κ2) is 7.47. The SMILES string of the molecule is CC(C)(C)NC(=O)C1CCC(C(=O)N2CCCCCC2)CC1. The maximum atomic E-state index is 12.6. The zero-order valence-corrected chi connectivity index (χ0v) is 14.5. The predicted molar refractivity (Wildman–Crippen MR) is 88.4 cm³/mol. The highest BCUT2D eigenvalue weighted by molar-refractivity contribution is 5.81. The molecule has 22 heavy (non-hydrogen) atoms. The van der Waals surface area contributed by atoms with Crippen molar-refractivity contribution in [2.45, 2.75) is 77.7 Å². The van der Waals surface area contributed by atoms with E-state index in [9.17, 15) is 9.59 Å². The summed E-state index contributed by atoms with van der Waals surface area (Å²) in [7, 11) is 0. The van der Waals surface area contributed by atoms with E-state index in [1.165, 1.54) is 12.8 Å². The van der Waals surface area contributed by atoms with E-state index in [0.29, 0.717) is 5.91 Å². The lowest BCUT2D eigenvalue weighted by atomic mass is 9.80. The first-order valence-corrected chi connectivity index (χ1v) is 8.97. The standard InChI is InChI=1S/C18H32N2O2/c1-18(2,3)19-16(21)14-8-10-15(11-9-14)17(22)20-12-6-4-5-7-13-20/h14-15H,4-13H2,1-3H3,(H,19,21). The molecular formula is C18H32N2O2. The van der Waals surface area contributed by atoms with Gasteiger partial charge in [-0.2, -0.15) is 0 Å². The van der Waals surface area contributed by atoms with Crippen LogP contribution >= 0.6 is 0 Å². The topological polar surface area (TPSA) is 49.4 Å². The number of carbonyl (C=O) groups excluding carboxylic acids is 2. The third kappa shape index (κ3) is 4.99. The molecule has 4 heteroatoms. The third-order valence-electron chi connectivity index (χ3n) is 4.86. The molecule has 1 saturated carbocycles. The monoisotopic (exact) mass is 308 g/mol. The van der Waals surface area contributed by atoms with Gasteiger partial charge in [-0.3, -0.25) is 9.59 Å². The van der Waals surface area contributed by atoms with E-state index in [1.807, 2.05) is 20.8 Å². The molecule has 0 atom stereocenters. The van der Waals surface area contributed by atoms with Crippen LogP contribution in [0, 0.1) is 11.8 Å². The van der Waals surface area contributed by atoms with Crippen molar-refractivity contribution in [2.24, 2.45) is 11.8 Å². The molecule has 0 spiro atoms. The Bertz CT molecular complexity index is 384. The summed E-state index contributed by atoms with van der Waals surface area (Å²) in [5, 5.41) is 3.07. The highest BCUT2D eigenvalue weighted by atomic mass is 16.2. The van der Waals surface area contributed by atoms with Gasteiger partial charge < -0.3 is 10.2 Å². The second-order valence-electron chi connectivity index (χ2n) is 8.03. The van der Waals surface area contributed by atoms with Gasteiger partial charge >= 0.3 is 0 Å². The van der Waals surface area contributed by atoms with E-state index >= 15 is 0 Å². The van der Waals surface area contributed by atoms with Crippen molar-refractivity contribution in [3.8, 4) is 0 Å². The van der Waals surface area contributed by atoms with Gasteiger partial charge in [0.25, 0.3) is 0 Å². The summed E-state index contributed by atoms with van der Waals surface area (Å²) in [5.74, 6) is 0.744. The number of carbonyl (C=O) groups is 2. The van der Waals surface area contributed by atoms with Gasteiger partial charge in [0, 0.05) is 30.5 Å². The van der Waals surface area contributed by atoms with Gasteiger partial charge in [0.05, 0.1) is 0 Å². The average Bonchev–Trinajstić information content (AvgIpc) is 2.74. The van der Waals surface area contributed by atoms with Gasteiger partial charge in [0.1, 0.15) is 0 Å². The zero-order chi connectivity index (χ0) is 16.2. The number of likely N-dealkylation sites (tertiary alicyclic amines) is 1. The van der Waals surface area contributed by atoms with Crippen LogP contribution in [0.4, 0.5) is 0 Å². The van der Waals surface area contributed by atoms with E-state index in [0.717, 1.165) is 51.6 Å². The number of hydrogen-bond donors (Lipinski definition) is 1. The molecule has 2 aliphatic rings. The first-order chi connectivity index (χ1) is 10.4. The minimum absolute atomic E-state index is 0.0902. The largest absolute Gasteiger partial charge is 0.351 e. The Kier molecular flexibility index (Phi) is 5.87. The molecule has 2 rings (SSSR count). The fourth-order valence-corrected chi connectivity index (χ4v) is 3.62. The first kappa shape index (κ1) is 17.3. The molecule has 1 N–H and O–H groups in total. The Morgan fingerprint density at radius 3 is 1.86 bits per heavy atom. The molecule has 0 aromatic heterocycles. The van der Waals surface area contributed by atoms with Crippen molar-refractivity contribution in [3.05, 3.63) is 0 Å². The fourth-order valence-electron chi connectivity index (χ4n) is 3.62. The number of hydrogen-bond acceptors (Lipinski definition) is 2. The Morgan fingerprint density at radius 2 is 1.36 bits per heavy atom. The molecular weight excluding hydrogens is 276 g/mol. The smallest absolute Gasteiger partial charge is 0.225 e. The van der Waals surface area contributed by atoms with E-state index in [1.54, 1.807) is 0 Å². The molecule has 1 aliphatic heterocycles. The molecule has 0 aromatic carbocycles. The second-order valence-corrected chi connectivity index (χ2v) is 8.03. The van der Waals surface area contributed by atoms with Crippen molar-refractivity contribution >= 4 is 11.8 Å². The van der Waals surface area contributed by atoms with Crippen LogP contribution in [-0.4, -0.2) is 35.3 Å². The minimum Gasteiger partial charge on any atom is -0.351 e. The van der Waals surface area contributed by atoms with E-state index < -0.39 is 0 Å². The molecule has 4 nitrogen and oxygen atoms in total. The molecule has 0 radical (unpaired) electrons. The van der Waals surface area contributed by atoms with Crippen LogP contribution in [0.5, 0.6) is 0 Å². The highest BCUT2D eigenvalue weighted by Gasteiger charge is 2.33. The molecule has 1 aliphatic carbocycles. The van der Waals surface area contributed by atoms with Crippen molar-refractivity contribution in [3.63, 3.8) is 0 Å². The quantitative estimate of drug-likeness (QED) is 0.852. The number of nitrogens with one attached hydrogen (secondary N) is 1. The summed E-state index contributed by atoms with van der Waals surface area (Å²) < 4.78 is 0. The van der Waals surface area contributed by atoms with E-state index in [2.05, 4.69) is 10.2 Å². The summed E-state index contributed by atoms with van der Waals surface area (Å²) in [6.45, 7) is 7.91. The Labute approximate surface area is 135 Å². The predicted octanol–water partition coefficient (Wildman–Crippen LogP) is 3.11. The van der Waals surface area contributed by atoms with Crippen LogP contribution in [0.1, 0.15) is 72.1 Å². The van der Waals surface area contributed by atoms with E-state index in [4.69, 9.17) is 0 Å². The lowest BCUT2D eigenvalue weighted by Crippen LogP contribution is -2.45. The van der Waals surface area contributed by atoms with Crippen molar-refractivity contribution < 1.29 is 9.59 Å². The van der Waals surface area contributed by atoms with Gasteiger partial charge in [0.2, 0.25) is 11.8 Å². The minimum atomic E-state index is -0.171. The van der Waals surface area contributed by atoms with Gasteiger partial charge in [0.15, 0.2) is 0 Å². The Hall–Kier alpha value is -1.06. The van der Waals surface area contributed by atoms with Crippen LogP contribution in [0.2, 0.25) is 0 Å². The van der Waals surface area contributed by atoms with Crippen LogP contribution in [0.25, 0.3) is 0 Å². The summed E-state index contributed by atoms with van der Waals surface area (Å²) in [6.07, 6.45) is 8.25. The van der Waals surface area contributed by atoms with Crippen molar-refractivity contribution in [2.75, 3.05) is 13.1 Å². The fraction of sp³-hybridized carbons (Fsp3) is 0.889. The number of nitrogens with zero attached hydrogens (tertiary/aromatic N) is 1. The van der Waals surface area contributed by atoms with Gasteiger partial charge in [-0.25, -0.2) is 0 Å². The number of amides is 2. The normalized spacial score (nSPS) is 27.1. The molecule has 2 fully saturated rings. The lowest BCUT2D eigenvalue weighted by Gasteiger charge is -2.32. The molecule has 0 aromatic rings. The van der Waals surface area contributed by atoms with Crippen LogP contribution in [0.15, 0.2) is 0 Å². The average molecular weight is 308 g/mol. The summed E-state index contributed by atoms with van der Waals surface area (Å²) in [4.78, 5) is 26.9. The lowest BCUT2D eigenvalue weighted by molar-refractivity contribution is -0.138. The zero-order valence-electron chi connectivity index (χ0n) is 14.5. The molecule has 0 bridgehead atoms. The molecule has 1 heterocycles. The van der Waals surface area contributed by atoms with Gasteiger partial charge in [-0.05, 0) is 59.3 Å². The van der Waals surface area contributed by atoms with Gasteiger partial charge in [-0.1, -0.05) is 12.8 Å². The van der Waals surface area contributed by atoms with Crippen LogP contribution in [0.3, 0.4) is 0 Å². The summed E-state index contributed by atoms with van der Waals surface area (Å²) in [6, 6.07) is 0. The van der Waals surface area contributed by atoms with Crippen LogP contribution in [-0.2, 0) is 9.59 Å². The molecule has 2 amide bonds. The van der Waals surface area contributed by atoms with Crippen molar-refractivity contribution in [1.29, 1.82) is 0 Å². The summed E-state index contributed by atoms with van der Waals surface area (Å²) >= 11 is 0. The Balaban J connectivity index is 1.81. The maximum Gasteiger partial charge on any atom is 0.225 e. The highest BCUT2D eigenvalue weighted by Crippen LogP contribution is 2.31. The number of rotatable bonds is 2. The molecule has 0 unspecified atom stereocenters. The van der Waals surface area contributed by atoms with Crippen LogP contribution < -0.4 is 5.32 Å². The van der Waals surface area contributed by atoms with E-state index in [-0.39, 0.29) is 23.3 Å². The summed E-state index contributed by atoms with van der Waals surface area (Å²) in [5.41, 5.74) is -0.171. The molecule has 1 saturated heterocycles.